The minimum absolute atomic E-state index is 0.230. The first kappa shape index (κ1) is 30.0. The molecule has 0 radical (unpaired) electrons. The summed E-state index contributed by atoms with van der Waals surface area (Å²) < 4.78 is 0. The Morgan fingerprint density at radius 3 is 2.51 bits per heavy atom. The van der Waals surface area contributed by atoms with E-state index < -0.39 is 0 Å². The van der Waals surface area contributed by atoms with Gasteiger partial charge in [0.15, 0.2) is 0 Å². The molecule has 3 fully saturated rings. The number of unbranched alkanes of at least 4 members (excludes halogenated alkanes) is 2. The van der Waals surface area contributed by atoms with E-state index in [2.05, 4.69) is 47.6 Å². The zero-order valence-corrected chi connectivity index (χ0v) is 26.6. The number of fused-ring (bicyclic) bond motifs is 5. The summed E-state index contributed by atoms with van der Waals surface area (Å²) in [4.78, 5) is 12.8. The number of thioether (sulfide) groups is 1. The van der Waals surface area contributed by atoms with E-state index in [9.17, 15) is 4.79 Å². The molecule has 0 aromatic heterocycles. The number of alkyl halides is 1. The summed E-state index contributed by atoms with van der Waals surface area (Å²) >= 11 is 8.08. The Labute approximate surface area is 239 Å². The van der Waals surface area contributed by atoms with Crippen LogP contribution in [0.5, 0.6) is 0 Å². The van der Waals surface area contributed by atoms with Crippen molar-refractivity contribution in [3.63, 3.8) is 0 Å². The Morgan fingerprint density at radius 1 is 1.00 bits per heavy atom. The van der Waals surface area contributed by atoms with Crippen molar-refractivity contribution in [3.8, 4) is 0 Å². The maximum atomic E-state index is 12.8. The molecule has 0 amide bonds. The van der Waals surface area contributed by atoms with E-state index >= 15 is 0 Å². The zero-order chi connectivity index (χ0) is 26.8. The molecule has 0 saturated heterocycles. The molecule has 0 aromatic rings. The smallest absolute Gasteiger partial charge is 0.207 e. The lowest BCUT2D eigenvalue weighted by molar-refractivity contribution is -0.110. The predicted molar refractivity (Wildman–Crippen MR) is 163 cm³/mol. The quantitative estimate of drug-likeness (QED) is 0.145. The van der Waals surface area contributed by atoms with Crippen molar-refractivity contribution >= 4 is 28.5 Å². The van der Waals surface area contributed by atoms with Crippen LogP contribution >= 0.6 is 23.4 Å². The van der Waals surface area contributed by atoms with Gasteiger partial charge in [0.25, 0.3) is 0 Å². The molecule has 0 aliphatic heterocycles. The number of hydrogen-bond donors (Lipinski definition) is 0. The van der Waals surface area contributed by atoms with E-state index in [1.807, 2.05) is 0 Å². The molecule has 4 aliphatic carbocycles. The third kappa shape index (κ3) is 6.36. The lowest BCUT2D eigenvalue weighted by atomic mass is 9.47. The molecular formula is C34H57ClOS. The Kier molecular flexibility index (Phi) is 10.3. The summed E-state index contributed by atoms with van der Waals surface area (Å²) in [7, 11) is 0. The normalized spacial score (nSPS) is 38.9. The zero-order valence-electron chi connectivity index (χ0n) is 25.0. The SMILES string of the molecule is CCCCC[C@H](Cl)C(=O)S[C@H]1CC[C@@]2(C)C(=CC[C@@H]3[C@H]4CC[C@@H]([C@@H](C)CCCC(C)C)[C@@]4(C)CC[C@H]32)C1. The van der Waals surface area contributed by atoms with Crippen LogP contribution in [-0.4, -0.2) is 15.7 Å². The third-order valence-electron chi connectivity index (χ3n) is 11.9. The largest absolute Gasteiger partial charge is 0.286 e. The van der Waals surface area contributed by atoms with Crippen molar-refractivity contribution in [1.29, 1.82) is 0 Å². The minimum atomic E-state index is -0.298. The Morgan fingerprint density at radius 2 is 1.78 bits per heavy atom. The molecule has 37 heavy (non-hydrogen) atoms. The van der Waals surface area contributed by atoms with Crippen molar-refractivity contribution in [1.82, 2.24) is 0 Å². The molecule has 4 rings (SSSR count). The summed E-state index contributed by atoms with van der Waals surface area (Å²) in [5.41, 5.74) is 2.63. The van der Waals surface area contributed by atoms with Crippen molar-refractivity contribution in [2.24, 2.45) is 46.3 Å². The molecule has 0 spiro atoms. The van der Waals surface area contributed by atoms with E-state index in [0.29, 0.717) is 16.1 Å². The Hall–Kier alpha value is 0.0500. The standard InChI is InChI=1S/C34H57ClOS/c1-7-8-9-13-31(35)32(36)37-26-18-20-33(5)25(22-26)14-15-27-29-17-16-28(24(4)12-10-11-23(2)3)34(29,6)21-19-30(27)33/h14,23-24,26-31H,7-13,15-22H2,1-6H3/t24-,26-,27+,28-,29+,30+,31-,33-,34+/m0/s1. The first-order valence-corrected chi connectivity index (χ1v) is 17.5. The Bertz CT molecular complexity index is 806. The van der Waals surface area contributed by atoms with Gasteiger partial charge < -0.3 is 0 Å². The topological polar surface area (TPSA) is 17.1 Å². The predicted octanol–water partition coefficient (Wildman–Crippen LogP) is 10.8. The van der Waals surface area contributed by atoms with Crippen molar-refractivity contribution in [2.75, 3.05) is 0 Å². The first-order chi connectivity index (χ1) is 17.6. The maximum Gasteiger partial charge on any atom is 0.207 e. The van der Waals surface area contributed by atoms with Crippen LogP contribution in [0, 0.1) is 46.3 Å². The minimum Gasteiger partial charge on any atom is -0.286 e. The third-order valence-corrected chi connectivity index (χ3v) is 13.7. The summed E-state index contributed by atoms with van der Waals surface area (Å²) in [6.07, 6.45) is 21.9. The molecular weight excluding hydrogens is 492 g/mol. The fourth-order valence-electron chi connectivity index (χ4n) is 9.68. The number of halogens is 1. The Balaban J connectivity index is 1.38. The highest BCUT2D eigenvalue weighted by Crippen LogP contribution is 2.67. The highest BCUT2D eigenvalue weighted by atomic mass is 35.5. The van der Waals surface area contributed by atoms with Crippen LogP contribution in [0.25, 0.3) is 0 Å². The van der Waals surface area contributed by atoms with Gasteiger partial charge in [0.1, 0.15) is 5.38 Å². The highest BCUT2D eigenvalue weighted by molar-refractivity contribution is 8.14. The summed E-state index contributed by atoms with van der Waals surface area (Å²) in [6.45, 7) is 14.8. The lowest BCUT2D eigenvalue weighted by Crippen LogP contribution is -2.50. The van der Waals surface area contributed by atoms with E-state index in [1.54, 1.807) is 17.3 Å². The van der Waals surface area contributed by atoms with Gasteiger partial charge in [-0.3, -0.25) is 4.79 Å². The van der Waals surface area contributed by atoms with Gasteiger partial charge in [-0.15, -0.1) is 11.6 Å². The van der Waals surface area contributed by atoms with Gasteiger partial charge >= 0.3 is 0 Å². The number of carbonyl (C=O) groups excluding carboxylic acids is 1. The summed E-state index contributed by atoms with van der Waals surface area (Å²) in [5, 5.41) is 0.370. The number of hydrogen-bond acceptors (Lipinski definition) is 2. The van der Waals surface area contributed by atoms with Gasteiger partial charge in [-0.1, -0.05) is 103 Å². The average Bonchev–Trinajstić information content (AvgIpc) is 3.21. The second-order valence-corrected chi connectivity index (χ2v) is 16.4. The summed E-state index contributed by atoms with van der Waals surface area (Å²) in [6, 6.07) is 0. The molecule has 0 aromatic carbocycles. The summed E-state index contributed by atoms with van der Waals surface area (Å²) in [5.74, 6) is 5.32. The van der Waals surface area contributed by atoms with Crippen molar-refractivity contribution in [3.05, 3.63) is 11.6 Å². The second kappa shape index (κ2) is 12.7. The molecule has 3 saturated carbocycles. The van der Waals surface area contributed by atoms with Gasteiger partial charge in [-0.05, 0) is 104 Å². The van der Waals surface area contributed by atoms with E-state index in [0.717, 1.165) is 54.8 Å². The second-order valence-electron chi connectivity index (χ2n) is 14.6. The molecule has 9 atom stereocenters. The molecule has 0 N–H and O–H groups in total. The van der Waals surface area contributed by atoms with Crippen LogP contribution in [0.2, 0.25) is 0 Å². The fourth-order valence-corrected chi connectivity index (χ4v) is 11.1. The fraction of sp³-hybridized carbons (Fsp3) is 0.912. The van der Waals surface area contributed by atoms with Crippen LogP contribution in [-0.2, 0) is 4.79 Å². The van der Waals surface area contributed by atoms with Crippen LogP contribution in [0.1, 0.15) is 138 Å². The van der Waals surface area contributed by atoms with Gasteiger partial charge in [0.2, 0.25) is 5.12 Å². The molecule has 0 heterocycles. The van der Waals surface area contributed by atoms with Crippen LogP contribution < -0.4 is 0 Å². The average molecular weight is 549 g/mol. The van der Waals surface area contributed by atoms with Crippen LogP contribution in [0.3, 0.4) is 0 Å². The van der Waals surface area contributed by atoms with Gasteiger partial charge in [0, 0.05) is 5.25 Å². The number of allylic oxidation sites excluding steroid dienone is 2. The number of carbonyl (C=O) groups is 1. The van der Waals surface area contributed by atoms with E-state index in [4.69, 9.17) is 11.6 Å². The van der Waals surface area contributed by atoms with Gasteiger partial charge in [0.05, 0.1) is 0 Å². The molecule has 4 aliphatic rings. The lowest BCUT2D eigenvalue weighted by Gasteiger charge is -2.58. The first-order valence-electron chi connectivity index (χ1n) is 16.1. The van der Waals surface area contributed by atoms with Crippen LogP contribution in [0.15, 0.2) is 11.6 Å². The number of rotatable bonds is 11. The van der Waals surface area contributed by atoms with Crippen molar-refractivity contribution < 1.29 is 4.79 Å². The van der Waals surface area contributed by atoms with Crippen LogP contribution in [0.4, 0.5) is 0 Å². The van der Waals surface area contributed by atoms with Crippen molar-refractivity contribution in [2.45, 2.75) is 148 Å². The highest BCUT2D eigenvalue weighted by Gasteiger charge is 2.59. The molecule has 0 bridgehead atoms. The maximum absolute atomic E-state index is 12.8. The molecule has 3 heteroatoms. The molecule has 1 nitrogen and oxygen atoms in total. The monoisotopic (exact) mass is 548 g/mol. The molecule has 212 valence electrons. The van der Waals surface area contributed by atoms with Gasteiger partial charge in [-0.2, -0.15) is 0 Å². The van der Waals surface area contributed by atoms with E-state index in [-0.39, 0.29) is 10.5 Å². The molecule has 0 unspecified atom stereocenters. The van der Waals surface area contributed by atoms with E-state index in [1.165, 1.54) is 77.0 Å². The van der Waals surface area contributed by atoms with Gasteiger partial charge in [-0.25, -0.2) is 0 Å².